The number of rotatable bonds is 7. The third-order valence-electron chi connectivity index (χ3n) is 3.77. The molecule has 8 heteroatoms. The minimum absolute atomic E-state index is 0.157. The number of ether oxygens (including phenoxy) is 1. The van der Waals surface area contributed by atoms with Crippen LogP contribution in [0.15, 0.2) is 60.8 Å². The summed E-state index contributed by atoms with van der Waals surface area (Å²) in [6, 6.07) is 15.7. The van der Waals surface area contributed by atoms with Crippen LogP contribution in [0, 0.1) is 0 Å². The first-order valence-electron chi connectivity index (χ1n) is 9.05. The van der Waals surface area contributed by atoms with Gasteiger partial charge < -0.3 is 20.7 Å². The maximum absolute atomic E-state index is 12.5. The first-order valence-corrected chi connectivity index (χ1v) is 9.05. The van der Waals surface area contributed by atoms with Crippen LogP contribution >= 0.6 is 0 Å². The van der Waals surface area contributed by atoms with Crippen molar-refractivity contribution in [3.05, 3.63) is 66.5 Å². The normalized spacial score (nSPS) is 10.1. The van der Waals surface area contributed by atoms with Crippen molar-refractivity contribution in [3.8, 4) is 5.75 Å². The summed E-state index contributed by atoms with van der Waals surface area (Å²) in [5.41, 5.74) is 2.24. The van der Waals surface area contributed by atoms with Gasteiger partial charge in [0.2, 0.25) is 11.9 Å². The molecule has 0 saturated carbocycles. The van der Waals surface area contributed by atoms with E-state index in [0.29, 0.717) is 23.9 Å². The topological polar surface area (TPSA) is 105 Å². The molecule has 2 aromatic carbocycles. The number of amides is 2. The van der Waals surface area contributed by atoms with Crippen molar-refractivity contribution in [1.29, 1.82) is 0 Å². The van der Waals surface area contributed by atoms with E-state index in [1.165, 1.54) is 19.2 Å². The second-order valence-corrected chi connectivity index (χ2v) is 6.06. The summed E-state index contributed by atoms with van der Waals surface area (Å²) in [6.45, 7) is 3.96. The van der Waals surface area contributed by atoms with Gasteiger partial charge in [-0.15, -0.1) is 0 Å². The third-order valence-corrected chi connectivity index (χ3v) is 3.77. The van der Waals surface area contributed by atoms with E-state index in [4.69, 9.17) is 4.74 Å². The molecule has 29 heavy (non-hydrogen) atoms. The van der Waals surface area contributed by atoms with Crippen LogP contribution in [-0.2, 0) is 4.79 Å². The number of aromatic nitrogens is 2. The highest BCUT2D eigenvalue weighted by molar-refractivity contribution is 6.03. The summed E-state index contributed by atoms with van der Waals surface area (Å²) in [5.74, 6) is 0.559. The van der Waals surface area contributed by atoms with E-state index in [1.54, 1.807) is 24.3 Å². The maximum atomic E-state index is 12.5. The molecule has 0 bridgehead atoms. The van der Waals surface area contributed by atoms with Crippen LogP contribution in [0.3, 0.4) is 0 Å². The summed E-state index contributed by atoms with van der Waals surface area (Å²) in [7, 11) is 0. The number of hydrogen-bond acceptors (Lipinski definition) is 6. The second kappa shape index (κ2) is 9.32. The first kappa shape index (κ1) is 19.8. The van der Waals surface area contributed by atoms with Crippen molar-refractivity contribution in [3.63, 3.8) is 0 Å². The Morgan fingerprint density at radius 1 is 0.897 bits per heavy atom. The summed E-state index contributed by atoms with van der Waals surface area (Å²) in [6.07, 6.45) is 1.51. The molecule has 0 aliphatic rings. The van der Waals surface area contributed by atoms with Crippen molar-refractivity contribution in [2.75, 3.05) is 22.6 Å². The fraction of sp³-hybridized carbons (Fsp3) is 0.143. The molecule has 0 spiro atoms. The average molecular weight is 391 g/mol. The van der Waals surface area contributed by atoms with E-state index in [9.17, 15) is 9.59 Å². The van der Waals surface area contributed by atoms with Crippen molar-refractivity contribution in [2.24, 2.45) is 0 Å². The molecular formula is C21H21N5O3. The molecule has 3 rings (SSSR count). The monoisotopic (exact) mass is 391 g/mol. The molecule has 1 aromatic heterocycles. The number of nitrogens with one attached hydrogen (secondary N) is 3. The van der Waals surface area contributed by atoms with Crippen LogP contribution in [0.25, 0.3) is 0 Å². The van der Waals surface area contributed by atoms with E-state index in [1.807, 2.05) is 31.2 Å². The van der Waals surface area contributed by atoms with Crippen LogP contribution < -0.4 is 20.7 Å². The van der Waals surface area contributed by atoms with Gasteiger partial charge >= 0.3 is 0 Å². The van der Waals surface area contributed by atoms with Gasteiger partial charge in [-0.1, -0.05) is 0 Å². The zero-order valence-corrected chi connectivity index (χ0v) is 16.1. The Morgan fingerprint density at radius 2 is 1.52 bits per heavy atom. The van der Waals surface area contributed by atoms with Crippen molar-refractivity contribution < 1.29 is 14.3 Å². The maximum Gasteiger partial charge on any atom is 0.274 e. The Kier molecular flexibility index (Phi) is 6.36. The Bertz CT molecular complexity index is 988. The van der Waals surface area contributed by atoms with Crippen molar-refractivity contribution in [2.45, 2.75) is 13.8 Å². The standard InChI is InChI=1S/C21H21N5O3/c1-3-29-18-10-8-17(9-11-18)25-21-22-13-12-19(26-21)20(28)24-16-6-4-15(5-7-16)23-14(2)27/h4-13H,3H2,1-2H3,(H,23,27)(H,24,28)(H,22,25,26). The second-order valence-electron chi connectivity index (χ2n) is 6.06. The molecule has 1 heterocycles. The van der Waals surface area contributed by atoms with Gasteiger partial charge in [-0.05, 0) is 61.5 Å². The van der Waals surface area contributed by atoms with Crippen LogP contribution in [0.2, 0.25) is 0 Å². The molecule has 0 unspecified atom stereocenters. The van der Waals surface area contributed by atoms with Gasteiger partial charge in [0.25, 0.3) is 5.91 Å². The molecular weight excluding hydrogens is 370 g/mol. The molecule has 0 fully saturated rings. The van der Waals surface area contributed by atoms with Crippen LogP contribution in [0.5, 0.6) is 5.75 Å². The van der Waals surface area contributed by atoms with Crippen molar-refractivity contribution in [1.82, 2.24) is 9.97 Å². The highest BCUT2D eigenvalue weighted by Gasteiger charge is 2.10. The van der Waals surface area contributed by atoms with Gasteiger partial charge in [0.15, 0.2) is 0 Å². The molecule has 0 radical (unpaired) electrons. The fourth-order valence-electron chi connectivity index (χ4n) is 2.51. The molecule has 3 N–H and O–H groups in total. The molecule has 0 aliphatic carbocycles. The lowest BCUT2D eigenvalue weighted by Crippen LogP contribution is -2.15. The fourth-order valence-corrected chi connectivity index (χ4v) is 2.51. The predicted molar refractivity (Wildman–Crippen MR) is 112 cm³/mol. The molecule has 3 aromatic rings. The predicted octanol–water partition coefficient (Wildman–Crippen LogP) is 3.83. The molecule has 0 atom stereocenters. The van der Waals surface area contributed by atoms with Crippen molar-refractivity contribution >= 4 is 34.8 Å². The number of nitrogens with zero attached hydrogens (tertiary/aromatic N) is 2. The Morgan fingerprint density at radius 3 is 2.14 bits per heavy atom. The van der Waals surface area contributed by atoms with Gasteiger partial charge in [-0.3, -0.25) is 9.59 Å². The Hall–Kier alpha value is -3.94. The van der Waals surface area contributed by atoms with E-state index in [-0.39, 0.29) is 17.5 Å². The van der Waals surface area contributed by atoms with Gasteiger partial charge in [0.05, 0.1) is 6.61 Å². The van der Waals surface area contributed by atoms with E-state index in [0.717, 1.165) is 11.4 Å². The highest BCUT2D eigenvalue weighted by atomic mass is 16.5. The summed E-state index contributed by atoms with van der Waals surface area (Å²) in [5, 5.41) is 8.49. The van der Waals surface area contributed by atoms with Crippen LogP contribution in [0.1, 0.15) is 24.3 Å². The lowest BCUT2D eigenvalue weighted by molar-refractivity contribution is -0.114. The zero-order chi connectivity index (χ0) is 20.6. The minimum atomic E-state index is -0.366. The average Bonchev–Trinajstić information content (AvgIpc) is 2.71. The number of carbonyl (C=O) groups excluding carboxylic acids is 2. The molecule has 2 amide bonds. The zero-order valence-electron chi connectivity index (χ0n) is 16.1. The Balaban J connectivity index is 1.65. The number of hydrogen-bond donors (Lipinski definition) is 3. The molecule has 148 valence electrons. The quantitative estimate of drug-likeness (QED) is 0.565. The van der Waals surface area contributed by atoms with E-state index in [2.05, 4.69) is 25.9 Å². The van der Waals surface area contributed by atoms with Gasteiger partial charge in [-0.2, -0.15) is 0 Å². The molecule has 0 saturated heterocycles. The summed E-state index contributed by atoms with van der Waals surface area (Å²) < 4.78 is 5.41. The first-order chi connectivity index (χ1) is 14.0. The van der Waals surface area contributed by atoms with Crippen LogP contribution in [-0.4, -0.2) is 28.4 Å². The largest absolute Gasteiger partial charge is 0.494 e. The molecule has 0 aliphatic heterocycles. The smallest absolute Gasteiger partial charge is 0.274 e. The van der Waals surface area contributed by atoms with Gasteiger partial charge in [0.1, 0.15) is 11.4 Å². The van der Waals surface area contributed by atoms with Gasteiger partial charge in [0, 0.05) is 30.2 Å². The molecule has 8 nitrogen and oxygen atoms in total. The Labute approximate surface area is 168 Å². The summed E-state index contributed by atoms with van der Waals surface area (Å²) >= 11 is 0. The third kappa shape index (κ3) is 5.77. The SMILES string of the molecule is CCOc1ccc(Nc2nccc(C(=O)Nc3ccc(NC(C)=O)cc3)n2)cc1. The van der Waals surface area contributed by atoms with Crippen LogP contribution in [0.4, 0.5) is 23.0 Å². The highest BCUT2D eigenvalue weighted by Crippen LogP contribution is 2.19. The van der Waals surface area contributed by atoms with E-state index < -0.39 is 0 Å². The lowest BCUT2D eigenvalue weighted by atomic mass is 10.2. The number of benzene rings is 2. The lowest BCUT2D eigenvalue weighted by Gasteiger charge is -2.09. The number of carbonyl (C=O) groups is 2. The van der Waals surface area contributed by atoms with Gasteiger partial charge in [-0.25, -0.2) is 9.97 Å². The minimum Gasteiger partial charge on any atom is -0.494 e. The number of anilines is 4. The van der Waals surface area contributed by atoms with E-state index >= 15 is 0 Å². The summed E-state index contributed by atoms with van der Waals surface area (Å²) in [4.78, 5) is 32.0.